The number of rotatable bonds is 3. The third-order valence-electron chi connectivity index (χ3n) is 3.44. The van der Waals surface area contributed by atoms with Crippen LogP contribution in [0.25, 0.3) is 10.9 Å². The van der Waals surface area contributed by atoms with E-state index in [1.807, 2.05) is 26.1 Å². The molecule has 114 valence electrons. The molecule has 4 N–H and O–H groups in total. The van der Waals surface area contributed by atoms with Crippen LogP contribution in [0.4, 0.5) is 11.6 Å². The topological polar surface area (TPSA) is 114 Å². The maximum absolute atomic E-state index is 12.4. The van der Waals surface area contributed by atoms with Crippen molar-refractivity contribution in [3.63, 3.8) is 0 Å². The zero-order valence-corrected chi connectivity index (χ0v) is 12.9. The lowest BCUT2D eigenvalue weighted by Crippen LogP contribution is -2.14. The number of hydrogen-bond acceptors (Lipinski definition) is 5. The minimum Gasteiger partial charge on any atom is -0.368 e. The lowest BCUT2D eigenvalue weighted by atomic mass is 10.1. The van der Waals surface area contributed by atoms with Gasteiger partial charge in [-0.05, 0) is 31.0 Å². The van der Waals surface area contributed by atoms with Crippen molar-refractivity contribution < 1.29 is 8.42 Å². The molecule has 7 nitrogen and oxygen atoms in total. The Hall–Kier alpha value is -2.61. The lowest BCUT2D eigenvalue weighted by Gasteiger charge is -2.10. The zero-order valence-electron chi connectivity index (χ0n) is 12.1. The maximum atomic E-state index is 12.4. The molecule has 0 atom stereocenters. The molecule has 3 rings (SSSR count). The highest BCUT2D eigenvalue weighted by Crippen LogP contribution is 2.29. The van der Waals surface area contributed by atoms with Crippen LogP contribution in [-0.2, 0) is 10.0 Å². The van der Waals surface area contributed by atoms with Gasteiger partial charge in [-0.2, -0.15) is 0 Å². The Kier molecular flexibility index (Phi) is 3.25. The van der Waals surface area contributed by atoms with Crippen LogP contribution in [-0.4, -0.2) is 23.4 Å². The third kappa shape index (κ3) is 2.37. The predicted molar refractivity (Wildman–Crippen MR) is 85.0 cm³/mol. The lowest BCUT2D eigenvalue weighted by molar-refractivity contribution is 0.600. The number of nitrogen functional groups attached to an aromatic ring is 1. The summed E-state index contributed by atoms with van der Waals surface area (Å²) in [5.41, 5.74) is 8.73. The van der Waals surface area contributed by atoms with Crippen molar-refractivity contribution in [3.8, 4) is 0 Å². The molecule has 8 heteroatoms. The summed E-state index contributed by atoms with van der Waals surface area (Å²) in [6.07, 6.45) is 4.20. The molecular weight excluding hydrogens is 302 g/mol. The largest absolute Gasteiger partial charge is 0.368 e. The van der Waals surface area contributed by atoms with Gasteiger partial charge in [0.15, 0.2) is 0 Å². The van der Waals surface area contributed by atoms with Crippen molar-refractivity contribution >= 4 is 32.6 Å². The molecule has 2 heterocycles. The highest BCUT2D eigenvalue weighted by Gasteiger charge is 2.18. The molecule has 0 spiro atoms. The van der Waals surface area contributed by atoms with Crippen molar-refractivity contribution in [1.29, 1.82) is 0 Å². The molecule has 0 amide bonds. The molecule has 2 aromatic heterocycles. The fourth-order valence-corrected chi connectivity index (χ4v) is 3.33. The van der Waals surface area contributed by atoms with Crippen LogP contribution in [0.2, 0.25) is 0 Å². The van der Waals surface area contributed by atoms with E-state index < -0.39 is 10.0 Å². The summed E-state index contributed by atoms with van der Waals surface area (Å²) in [7, 11) is -3.78. The van der Waals surface area contributed by atoms with Crippen LogP contribution in [0.1, 0.15) is 11.1 Å². The molecule has 0 aliphatic heterocycles. The van der Waals surface area contributed by atoms with Gasteiger partial charge in [0.1, 0.15) is 4.90 Å². The number of aromatic amines is 1. The maximum Gasteiger partial charge on any atom is 0.265 e. The summed E-state index contributed by atoms with van der Waals surface area (Å²) in [5.74, 6) is 0.0247. The molecule has 1 aromatic carbocycles. The van der Waals surface area contributed by atoms with Crippen LogP contribution in [0, 0.1) is 13.8 Å². The number of aromatic nitrogens is 3. The SMILES string of the molecule is Cc1ccc(NS(=O)(=O)c2cnc(N)nc2)c2[nH]cc(C)c12. The van der Waals surface area contributed by atoms with Crippen LogP contribution >= 0.6 is 0 Å². The Balaban J connectivity index is 2.06. The van der Waals surface area contributed by atoms with Gasteiger partial charge >= 0.3 is 0 Å². The Bertz CT molecular complexity index is 945. The van der Waals surface area contributed by atoms with Gasteiger partial charge in [-0.25, -0.2) is 18.4 Å². The van der Waals surface area contributed by atoms with E-state index in [2.05, 4.69) is 19.7 Å². The molecule has 0 saturated carbocycles. The molecule has 0 fully saturated rings. The highest BCUT2D eigenvalue weighted by atomic mass is 32.2. The average Bonchev–Trinajstić information content (AvgIpc) is 2.86. The molecule has 0 aliphatic carbocycles. The monoisotopic (exact) mass is 317 g/mol. The number of fused-ring (bicyclic) bond motifs is 1. The highest BCUT2D eigenvalue weighted by molar-refractivity contribution is 7.92. The summed E-state index contributed by atoms with van der Waals surface area (Å²) < 4.78 is 27.4. The van der Waals surface area contributed by atoms with Gasteiger partial charge in [-0.15, -0.1) is 0 Å². The predicted octanol–water partition coefficient (Wildman–Crippen LogP) is 1.96. The Morgan fingerprint density at radius 1 is 1.14 bits per heavy atom. The molecule has 22 heavy (non-hydrogen) atoms. The number of nitrogens with zero attached hydrogens (tertiary/aromatic N) is 2. The van der Waals surface area contributed by atoms with Gasteiger partial charge in [0.25, 0.3) is 10.0 Å². The van der Waals surface area contributed by atoms with E-state index >= 15 is 0 Å². The number of benzene rings is 1. The number of sulfonamides is 1. The third-order valence-corrected chi connectivity index (χ3v) is 4.76. The smallest absolute Gasteiger partial charge is 0.265 e. The number of nitrogens with two attached hydrogens (primary N) is 1. The molecule has 0 saturated heterocycles. The van der Waals surface area contributed by atoms with Crippen molar-refractivity contribution in [2.75, 3.05) is 10.5 Å². The van der Waals surface area contributed by atoms with Crippen molar-refractivity contribution in [2.45, 2.75) is 18.7 Å². The van der Waals surface area contributed by atoms with E-state index in [9.17, 15) is 8.42 Å². The number of H-pyrrole nitrogens is 1. The first-order valence-corrected chi connectivity index (χ1v) is 8.04. The molecule has 0 aliphatic rings. The standard InChI is InChI=1S/C14H15N5O2S/c1-8-3-4-11(13-12(8)9(2)5-16-13)19-22(20,21)10-6-17-14(15)18-7-10/h3-7,16,19H,1-2H3,(H2,15,17,18). The normalized spacial score (nSPS) is 11.7. The van der Waals surface area contributed by atoms with Crippen molar-refractivity contribution in [1.82, 2.24) is 15.0 Å². The van der Waals surface area contributed by atoms with Crippen LogP contribution < -0.4 is 10.5 Å². The Labute approximate surface area is 127 Å². The first kappa shape index (κ1) is 14.3. The van der Waals surface area contributed by atoms with E-state index in [1.54, 1.807) is 6.07 Å². The van der Waals surface area contributed by atoms with Gasteiger partial charge in [0.05, 0.1) is 23.6 Å². The first-order valence-electron chi connectivity index (χ1n) is 6.56. The van der Waals surface area contributed by atoms with Crippen LogP contribution in [0.15, 0.2) is 35.6 Å². The minimum atomic E-state index is -3.78. The van der Waals surface area contributed by atoms with E-state index in [0.29, 0.717) is 5.69 Å². The van der Waals surface area contributed by atoms with Gasteiger partial charge < -0.3 is 10.7 Å². The first-order chi connectivity index (χ1) is 10.4. The quantitative estimate of drug-likeness (QED) is 0.683. The molecule has 0 unspecified atom stereocenters. The summed E-state index contributed by atoms with van der Waals surface area (Å²) in [5, 5.41) is 1.01. The fourth-order valence-electron chi connectivity index (χ4n) is 2.37. The van der Waals surface area contributed by atoms with Gasteiger partial charge in [0.2, 0.25) is 5.95 Å². The van der Waals surface area contributed by atoms with Crippen molar-refractivity contribution in [2.24, 2.45) is 0 Å². The summed E-state index contributed by atoms with van der Waals surface area (Å²) in [6, 6.07) is 3.60. The Morgan fingerprint density at radius 3 is 2.50 bits per heavy atom. The van der Waals surface area contributed by atoms with E-state index in [1.165, 1.54) is 12.4 Å². The van der Waals surface area contributed by atoms with E-state index in [-0.39, 0.29) is 10.8 Å². The Morgan fingerprint density at radius 2 is 1.82 bits per heavy atom. The van der Waals surface area contributed by atoms with Gasteiger partial charge in [0, 0.05) is 11.6 Å². The molecular formula is C14H15N5O2S. The van der Waals surface area contributed by atoms with Gasteiger partial charge in [-0.1, -0.05) is 6.07 Å². The molecule has 0 radical (unpaired) electrons. The van der Waals surface area contributed by atoms with Gasteiger partial charge in [-0.3, -0.25) is 4.72 Å². The average molecular weight is 317 g/mol. The minimum absolute atomic E-state index is 0.0247. The zero-order chi connectivity index (χ0) is 15.9. The second-order valence-corrected chi connectivity index (χ2v) is 6.72. The molecule has 0 bridgehead atoms. The second kappa shape index (κ2) is 4.99. The van der Waals surface area contributed by atoms with Crippen LogP contribution in [0.3, 0.4) is 0 Å². The fraction of sp³-hybridized carbons (Fsp3) is 0.143. The summed E-state index contributed by atoms with van der Waals surface area (Å²) in [4.78, 5) is 10.5. The van der Waals surface area contributed by atoms with Crippen molar-refractivity contribution in [3.05, 3.63) is 41.9 Å². The number of anilines is 2. The molecule has 3 aromatic rings. The number of aryl methyl sites for hydroxylation is 2. The second-order valence-electron chi connectivity index (χ2n) is 5.03. The van der Waals surface area contributed by atoms with E-state index in [0.717, 1.165) is 22.0 Å². The number of nitrogens with one attached hydrogen (secondary N) is 2. The van der Waals surface area contributed by atoms with E-state index in [4.69, 9.17) is 5.73 Å². The van der Waals surface area contributed by atoms with Crippen LogP contribution in [0.5, 0.6) is 0 Å². The summed E-state index contributed by atoms with van der Waals surface area (Å²) >= 11 is 0. The summed E-state index contributed by atoms with van der Waals surface area (Å²) in [6.45, 7) is 3.95. The number of hydrogen-bond donors (Lipinski definition) is 3.